The zero-order valence-corrected chi connectivity index (χ0v) is 11.7. The summed E-state index contributed by atoms with van der Waals surface area (Å²) in [5.74, 6) is -1.87. The summed E-state index contributed by atoms with van der Waals surface area (Å²) in [6.07, 6.45) is 3.31. The molecule has 0 spiro atoms. The SMILES string of the molecule is O=C(O)C1CC1C(=O)NC1(c2ccc(Cl)cc2)CCC1. The second-order valence-corrected chi connectivity index (χ2v) is 6.16. The lowest BCUT2D eigenvalue weighted by molar-refractivity contribution is -0.140. The molecule has 0 heterocycles. The lowest BCUT2D eigenvalue weighted by Crippen LogP contribution is -2.51. The maximum Gasteiger partial charge on any atom is 0.307 e. The topological polar surface area (TPSA) is 66.4 Å². The summed E-state index contributed by atoms with van der Waals surface area (Å²) in [6, 6.07) is 7.51. The van der Waals surface area contributed by atoms with E-state index in [0.29, 0.717) is 11.4 Å². The summed E-state index contributed by atoms with van der Waals surface area (Å²) >= 11 is 5.89. The molecule has 0 radical (unpaired) electrons. The third-order valence-electron chi connectivity index (χ3n) is 4.41. The first kappa shape index (κ1) is 13.4. The van der Waals surface area contributed by atoms with Crippen LogP contribution < -0.4 is 5.32 Å². The number of carbonyl (C=O) groups excluding carboxylic acids is 1. The lowest BCUT2D eigenvalue weighted by Gasteiger charge is -2.43. The number of nitrogens with one attached hydrogen (secondary N) is 1. The van der Waals surface area contributed by atoms with Gasteiger partial charge < -0.3 is 10.4 Å². The van der Waals surface area contributed by atoms with Gasteiger partial charge in [-0.1, -0.05) is 23.7 Å². The van der Waals surface area contributed by atoms with Gasteiger partial charge in [0.25, 0.3) is 0 Å². The molecule has 1 aromatic carbocycles. The second kappa shape index (κ2) is 4.77. The van der Waals surface area contributed by atoms with Crippen molar-refractivity contribution < 1.29 is 14.7 Å². The molecule has 4 nitrogen and oxygen atoms in total. The van der Waals surface area contributed by atoms with Crippen LogP contribution >= 0.6 is 11.6 Å². The third kappa shape index (κ3) is 2.29. The number of carboxylic acids is 1. The molecule has 5 heteroatoms. The first-order chi connectivity index (χ1) is 9.52. The molecule has 2 atom stereocenters. The van der Waals surface area contributed by atoms with Gasteiger partial charge in [0.05, 0.1) is 17.4 Å². The van der Waals surface area contributed by atoms with E-state index in [1.165, 1.54) is 0 Å². The normalized spacial score (nSPS) is 26.4. The molecule has 1 amide bonds. The molecule has 0 aliphatic heterocycles. The Bertz CT molecular complexity index is 551. The fourth-order valence-corrected chi connectivity index (χ4v) is 3.00. The molecular weight excluding hydrogens is 278 g/mol. The number of halogens is 1. The Labute approximate surface area is 122 Å². The van der Waals surface area contributed by atoms with Gasteiger partial charge in [0, 0.05) is 5.02 Å². The van der Waals surface area contributed by atoms with Gasteiger partial charge in [-0.15, -0.1) is 0 Å². The number of hydrogen-bond donors (Lipinski definition) is 2. The maximum atomic E-state index is 12.2. The molecule has 0 aromatic heterocycles. The van der Waals surface area contributed by atoms with Crippen molar-refractivity contribution >= 4 is 23.5 Å². The zero-order chi connectivity index (χ0) is 14.3. The van der Waals surface area contributed by atoms with E-state index in [0.717, 1.165) is 24.8 Å². The van der Waals surface area contributed by atoms with Gasteiger partial charge in [-0.2, -0.15) is 0 Å². The Kier molecular flexibility index (Phi) is 3.21. The van der Waals surface area contributed by atoms with Crippen LogP contribution in [0.5, 0.6) is 0 Å². The van der Waals surface area contributed by atoms with Gasteiger partial charge in [-0.3, -0.25) is 9.59 Å². The maximum absolute atomic E-state index is 12.2. The van der Waals surface area contributed by atoms with Crippen LogP contribution in [-0.2, 0) is 15.1 Å². The number of rotatable bonds is 4. The predicted octanol–water partition coefficient (Wildman–Crippen LogP) is 2.56. The van der Waals surface area contributed by atoms with E-state index in [2.05, 4.69) is 5.32 Å². The van der Waals surface area contributed by atoms with Crippen molar-refractivity contribution in [3.05, 3.63) is 34.9 Å². The first-order valence-electron chi connectivity index (χ1n) is 6.83. The molecule has 2 fully saturated rings. The number of carbonyl (C=O) groups is 2. The van der Waals surface area contributed by atoms with Gasteiger partial charge in [-0.25, -0.2) is 0 Å². The lowest BCUT2D eigenvalue weighted by atomic mass is 9.71. The molecule has 106 valence electrons. The number of carboxylic acid groups (broad SMARTS) is 1. The fraction of sp³-hybridized carbons (Fsp3) is 0.467. The van der Waals surface area contributed by atoms with Crippen molar-refractivity contribution in [2.24, 2.45) is 11.8 Å². The van der Waals surface area contributed by atoms with E-state index in [9.17, 15) is 9.59 Å². The first-order valence-corrected chi connectivity index (χ1v) is 7.20. The van der Waals surface area contributed by atoms with Crippen LogP contribution in [0.4, 0.5) is 0 Å². The van der Waals surface area contributed by atoms with Crippen LogP contribution in [0.2, 0.25) is 5.02 Å². The Balaban J connectivity index is 1.72. The molecule has 2 unspecified atom stereocenters. The number of hydrogen-bond acceptors (Lipinski definition) is 2. The molecule has 0 saturated heterocycles. The van der Waals surface area contributed by atoms with Gasteiger partial charge >= 0.3 is 5.97 Å². The highest BCUT2D eigenvalue weighted by molar-refractivity contribution is 6.30. The molecule has 1 aromatic rings. The summed E-state index contributed by atoms with van der Waals surface area (Å²) < 4.78 is 0. The highest BCUT2D eigenvalue weighted by Crippen LogP contribution is 2.44. The quantitative estimate of drug-likeness (QED) is 0.896. The van der Waals surface area contributed by atoms with Crippen LogP contribution in [0.3, 0.4) is 0 Å². The molecule has 2 aliphatic carbocycles. The van der Waals surface area contributed by atoms with E-state index in [4.69, 9.17) is 16.7 Å². The molecular formula is C15H16ClNO3. The number of benzene rings is 1. The Morgan fingerprint density at radius 1 is 1.20 bits per heavy atom. The molecule has 0 bridgehead atoms. The van der Waals surface area contributed by atoms with Crippen molar-refractivity contribution in [1.82, 2.24) is 5.32 Å². The monoisotopic (exact) mass is 293 g/mol. The summed E-state index contributed by atoms with van der Waals surface area (Å²) in [7, 11) is 0. The van der Waals surface area contributed by atoms with E-state index >= 15 is 0 Å². The smallest absolute Gasteiger partial charge is 0.307 e. The molecule has 2 saturated carbocycles. The highest BCUT2D eigenvalue weighted by Gasteiger charge is 2.51. The molecule has 20 heavy (non-hydrogen) atoms. The van der Waals surface area contributed by atoms with Gasteiger partial charge in [-0.05, 0) is 43.4 Å². The third-order valence-corrected chi connectivity index (χ3v) is 4.66. The average Bonchev–Trinajstić information content (AvgIpc) is 3.15. The van der Waals surface area contributed by atoms with E-state index < -0.39 is 11.9 Å². The van der Waals surface area contributed by atoms with E-state index in [-0.39, 0.29) is 17.4 Å². The largest absolute Gasteiger partial charge is 0.481 e. The minimum atomic E-state index is -0.876. The average molecular weight is 294 g/mol. The highest BCUT2D eigenvalue weighted by atomic mass is 35.5. The van der Waals surface area contributed by atoms with E-state index in [1.54, 1.807) is 0 Å². The summed E-state index contributed by atoms with van der Waals surface area (Å²) in [5.41, 5.74) is 0.724. The Hall–Kier alpha value is -1.55. The van der Waals surface area contributed by atoms with Gasteiger partial charge in [0.2, 0.25) is 5.91 Å². The van der Waals surface area contributed by atoms with Crippen molar-refractivity contribution in [2.45, 2.75) is 31.2 Å². The van der Waals surface area contributed by atoms with Crippen molar-refractivity contribution in [1.29, 1.82) is 0 Å². The van der Waals surface area contributed by atoms with Crippen LogP contribution in [0.15, 0.2) is 24.3 Å². The molecule has 2 N–H and O–H groups in total. The molecule has 3 rings (SSSR count). The van der Waals surface area contributed by atoms with Gasteiger partial charge in [0.1, 0.15) is 0 Å². The van der Waals surface area contributed by atoms with Crippen molar-refractivity contribution in [2.75, 3.05) is 0 Å². The summed E-state index contributed by atoms with van der Waals surface area (Å²) in [4.78, 5) is 23.0. The van der Waals surface area contributed by atoms with E-state index in [1.807, 2.05) is 24.3 Å². The van der Waals surface area contributed by atoms with Crippen molar-refractivity contribution in [3.8, 4) is 0 Å². The van der Waals surface area contributed by atoms with Crippen LogP contribution in [0.1, 0.15) is 31.2 Å². The summed E-state index contributed by atoms with van der Waals surface area (Å²) in [5, 5.41) is 12.6. The Morgan fingerprint density at radius 2 is 1.85 bits per heavy atom. The summed E-state index contributed by atoms with van der Waals surface area (Å²) in [6.45, 7) is 0. The standard InChI is InChI=1S/C15H16ClNO3/c16-10-4-2-9(3-5-10)15(6-1-7-15)17-13(18)11-8-12(11)14(19)20/h2-5,11-12H,1,6-8H2,(H,17,18)(H,19,20). The predicted molar refractivity (Wildman–Crippen MR) is 74.4 cm³/mol. The minimum Gasteiger partial charge on any atom is -0.481 e. The Morgan fingerprint density at radius 3 is 2.30 bits per heavy atom. The van der Waals surface area contributed by atoms with Crippen LogP contribution in [0.25, 0.3) is 0 Å². The zero-order valence-electron chi connectivity index (χ0n) is 10.9. The van der Waals surface area contributed by atoms with Gasteiger partial charge in [0.15, 0.2) is 0 Å². The van der Waals surface area contributed by atoms with Crippen LogP contribution in [0, 0.1) is 11.8 Å². The fourth-order valence-electron chi connectivity index (χ4n) is 2.87. The number of aliphatic carboxylic acids is 1. The number of amides is 1. The minimum absolute atomic E-state index is 0.132. The van der Waals surface area contributed by atoms with Crippen molar-refractivity contribution in [3.63, 3.8) is 0 Å². The second-order valence-electron chi connectivity index (χ2n) is 5.72. The van der Waals surface area contributed by atoms with Crippen LogP contribution in [-0.4, -0.2) is 17.0 Å². The molecule has 2 aliphatic rings.